The highest BCUT2D eigenvalue weighted by Gasteiger charge is 2.22. The Bertz CT molecular complexity index is 613. The van der Waals surface area contributed by atoms with Gasteiger partial charge >= 0.3 is 0 Å². The fourth-order valence-electron chi connectivity index (χ4n) is 3.04. The maximum atomic E-state index is 12.2. The Hall–Kier alpha value is -1.17. The van der Waals surface area contributed by atoms with Crippen molar-refractivity contribution < 1.29 is 4.79 Å². The van der Waals surface area contributed by atoms with E-state index in [1.807, 2.05) is 18.7 Å². The van der Waals surface area contributed by atoms with Crippen LogP contribution in [0, 0.1) is 0 Å². The monoisotopic (exact) mass is 523 g/mol. The molecule has 1 aromatic rings. The van der Waals surface area contributed by atoms with Gasteiger partial charge in [-0.1, -0.05) is 6.92 Å². The van der Waals surface area contributed by atoms with Crippen LogP contribution >= 0.6 is 35.5 Å². The molecule has 0 atom stereocenters. The van der Waals surface area contributed by atoms with Crippen LogP contribution in [0.2, 0.25) is 0 Å². The average Bonchev–Trinajstić information content (AvgIpc) is 3.18. The topological polar surface area (TPSA) is 77.0 Å². The number of halogens is 1. The standard InChI is InChI=1S/C18H33N7OS.HI/c1-5-15-21-18(27-22-15)25-13-11-24(12-14-25)17(19-6-2)20-10-9-16(26)23(7-3)8-4;/h5-14H2,1-4H3,(H,19,20);1H. The molecule has 160 valence electrons. The Morgan fingerprint density at radius 3 is 2.39 bits per heavy atom. The lowest BCUT2D eigenvalue weighted by atomic mass is 10.3. The van der Waals surface area contributed by atoms with Crippen molar-refractivity contribution in [2.75, 3.05) is 57.3 Å². The van der Waals surface area contributed by atoms with Crippen molar-refractivity contribution in [3.63, 3.8) is 0 Å². The number of aromatic nitrogens is 2. The van der Waals surface area contributed by atoms with Crippen LogP contribution in [0.5, 0.6) is 0 Å². The van der Waals surface area contributed by atoms with Crippen molar-refractivity contribution >= 4 is 52.5 Å². The summed E-state index contributed by atoms with van der Waals surface area (Å²) in [5, 5.41) is 4.37. The van der Waals surface area contributed by atoms with Gasteiger partial charge in [-0.05, 0) is 20.8 Å². The highest BCUT2D eigenvalue weighted by molar-refractivity contribution is 14.0. The molecule has 0 saturated carbocycles. The van der Waals surface area contributed by atoms with Gasteiger partial charge in [-0.2, -0.15) is 4.37 Å². The smallest absolute Gasteiger partial charge is 0.224 e. The van der Waals surface area contributed by atoms with E-state index in [9.17, 15) is 4.79 Å². The zero-order valence-electron chi connectivity index (χ0n) is 17.5. The second kappa shape index (κ2) is 13.1. The molecule has 1 aliphatic heterocycles. The number of anilines is 1. The highest BCUT2D eigenvalue weighted by Crippen LogP contribution is 2.19. The van der Waals surface area contributed by atoms with Gasteiger partial charge in [-0.15, -0.1) is 24.0 Å². The zero-order valence-corrected chi connectivity index (χ0v) is 20.6. The highest BCUT2D eigenvalue weighted by atomic mass is 127. The molecule has 1 aliphatic rings. The molecule has 1 fully saturated rings. The second-order valence-corrected chi connectivity index (χ2v) is 7.10. The summed E-state index contributed by atoms with van der Waals surface area (Å²) in [4.78, 5) is 27.8. The van der Waals surface area contributed by atoms with Crippen LogP contribution in [0.25, 0.3) is 0 Å². The summed E-state index contributed by atoms with van der Waals surface area (Å²) in [5.74, 6) is 1.99. The number of guanidine groups is 1. The van der Waals surface area contributed by atoms with Crippen molar-refractivity contribution in [2.45, 2.75) is 40.5 Å². The Morgan fingerprint density at radius 2 is 1.86 bits per heavy atom. The van der Waals surface area contributed by atoms with E-state index in [1.165, 1.54) is 11.5 Å². The van der Waals surface area contributed by atoms with Gasteiger partial charge in [0.1, 0.15) is 5.82 Å². The van der Waals surface area contributed by atoms with E-state index in [0.717, 1.165) is 69.1 Å². The minimum absolute atomic E-state index is 0. The molecule has 1 aromatic heterocycles. The van der Waals surface area contributed by atoms with Crippen LogP contribution in [-0.2, 0) is 11.2 Å². The fourth-order valence-corrected chi connectivity index (χ4v) is 3.85. The van der Waals surface area contributed by atoms with E-state index in [4.69, 9.17) is 0 Å². The number of hydrogen-bond donors (Lipinski definition) is 1. The summed E-state index contributed by atoms with van der Waals surface area (Å²) in [7, 11) is 0. The van der Waals surface area contributed by atoms with E-state index in [0.29, 0.717) is 13.0 Å². The molecule has 0 aromatic carbocycles. The summed E-state index contributed by atoms with van der Waals surface area (Å²) in [6.45, 7) is 14.6. The Balaban J connectivity index is 0.00000392. The molecular weight excluding hydrogens is 489 g/mol. The number of rotatable bonds is 8. The number of carbonyl (C=O) groups excluding carboxylic acids is 1. The van der Waals surface area contributed by atoms with E-state index in [1.54, 1.807) is 0 Å². The SMILES string of the molecule is CCNC(=NCCC(=O)N(CC)CC)N1CCN(c2nc(CC)ns2)CC1.I. The van der Waals surface area contributed by atoms with Crippen LogP contribution in [0.1, 0.15) is 39.9 Å². The molecule has 1 saturated heterocycles. The first-order valence-electron chi connectivity index (χ1n) is 10.0. The Kier molecular flexibility index (Phi) is 11.7. The molecule has 0 unspecified atom stereocenters. The Labute approximate surface area is 190 Å². The predicted molar refractivity (Wildman–Crippen MR) is 127 cm³/mol. The third kappa shape index (κ3) is 7.02. The predicted octanol–water partition coefficient (Wildman–Crippen LogP) is 2.06. The van der Waals surface area contributed by atoms with Crippen molar-refractivity contribution in [1.82, 2.24) is 24.5 Å². The molecule has 1 amide bonds. The molecule has 10 heteroatoms. The van der Waals surface area contributed by atoms with Crippen molar-refractivity contribution in [2.24, 2.45) is 4.99 Å². The molecule has 1 N–H and O–H groups in total. The molecule has 2 rings (SSSR count). The van der Waals surface area contributed by atoms with E-state index >= 15 is 0 Å². The third-order valence-corrected chi connectivity index (χ3v) is 5.48. The number of piperazine rings is 1. The van der Waals surface area contributed by atoms with Gasteiger partial charge in [0.15, 0.2) is 5.96 Å². The number of nitrogens with zero attached hydrogens (tertiary/aromatic N) is 6. The molecule has 8 nitrogen and oxygen atoms in total. The average molecular weight is 523 g/mol. The first-order chi connectivity index (χ1) is 13.1. The first kappa shape index (κ1) is 24.9. The number of hydrogen-bond acceptors (Lipinski definition) is 6. The minimum atomic E-state index is 0. The largest absolute Gasteiger partial charge is 0.357 e. The molecule has 0 radical (unpaired) electrons. The molecular formula is C18H34IN7OS. The second-order valence-electron chi connectivity index (χ2n) is 6.37. The van der Waals surface area contributed by atoms with Gasteiger partial charge in [0.2, 0.25) is 11.0 Å². The van der Waals surface area contributed by atoms with Gasteiger partial charge in [0.25, 0.3) is 0 Å². The number of aliphatic imine (C=N–C) groups is 1. The molecule has 28 heavy (non-hydrogen) atoms. The lowest BCUT2D eigenvalue weighted by molar-refractivity contribution is -0.130. The maximum Gasteiger partial charge on any atom is 0.224 e. The van der Waals surface area contributed by atoms with Gasteiger partial charge < -0.3 is 20.0 Å². The summed E-state index contributed by atoms with van der Waals surface area (Å²) >= 11 is 1.48. The molecule has 0 bridgehead atoms. The number of amides is 1. The lowest BCUT2D eigenvalue weighted by Gasteiger charge is -2.36. The Morgan fingerprint density at radius 1 is 1.18 bits per heavy atom. The van der Waals surface area contributed by atoms with Crippen LogP contribution in [0.4, 0.5) is 5.13 Å². The maximum absolute atomic E-state index is 12.2. The summed E-state index contributed by atoms with van der Waals surface area (Å²) < 4.78 is 4.38. The van der Waals surface area contributed by atoms with Crippen LogP contribution in [0.15, 0.2) is 4.99 Å². The van der Waals surface area contributed by atoms with Crippen LogP contribution in [0.3, 0.4) is 0 Å². The first-order valence-corrected chi connectivity index (χ1v) is 10.8. The lowest BCUT2D eigenvalue weighted by Crippen LogP contribution is -2.52. The minimum Gasteiger partial charge on any atom is -0.357 e. The quantitative estimate of drug-likeness (QED) is 0.320. The van der Waals surface area contributed by atoms with Crippen LogP contribution < -0.4 is 10.2 Å². The fraction of sp³-hybridized carbons (Fsp3) is 0.778. The van der Waals surface area contributed by atoms with Crippen LogP contribution in [-0.4, -0.2) is 83.4 Å². The van der Waals surface area contributed by atoms with E-state index < -0.39 is 0 Å². The number of aryl methyl sites for hydroxylation is 1. The van der Waals surface area contributed by atoms with Gasteiger partial charge in [-0.25, -0.2) is 4.98 Å². The van der Waals surface area contributed by atoms with E-state index in [2.05, 4.69) is 43.3 Å². The number of carbonyl (C=O) groups is 1. The molecule has 2 heterocycles. The number of nitrogens with one attached hydrogen (secondary N) is 1. The zero-order chi connectivity index (χ0) is 19.6. The van der Waals surface area contributed by atoms with Crippen molar-refractivity contribution in [3.8, 4) is 0 Å². The van der Waals surface area contributed by atoms with Crippen molar-refractivity contribution in [1.29, 1.82) is 0 Å². The molecule has 0 spiro atoms. The summed E-state index contributed by atoms with van der Waals surface area (Å²) in [5.41, 5.74) is 0. The normalized spacial score (nSPS) is 14.6. The van der Waals surface area contributed by atoms with E-state index in [-0.39, 0.29) is 29.9 Å². The van der Waals surface area contributed by atoms with Gasteiger partial charge in [0, 0.05) is 70.2 Å². The van der Waals surface area contributed by atoms with Gasteiger partial charge in [0.05, 0.1) is 6.54 Å². The third-order valence-electron chi connectivity index (χ3n) is 4.66. The van der Waals surface area contributed by atoms with Gasteiger partial charge in [-0.3, -0.25) is 9.79 Å². The molecule has 0 aliphatic carbocycles. The summed E-state index contributed by atoms with van der Waals surface area (Å²) in [6.07, 6.45) is 1.33. The van der Waals surface area contributed by atoms with Crippen molar-refractivity contribution in [3.05, 3.63) is 5.82 Å². The summed E-state index contributed by atoms with van der Waals surface area (Å²) in [6, 6.07) is 0.